The maximum atomic E-state index is 12.8. The zero-order valence-electron chi connectivity index (χ0n) is 20.2. The Balaban J connectivity index is 1.70. The van der Waals surface area contributed by atoms with E-state index in [1.165, 1.54) is 17.0 Å². The molecule has 0 bridgehead atoms. The second kappa shape index (κ2) is 9.69. The Morgan fingerprint density at radius 2 is 1.89 bits per heavy atom. The average molecular weight is 468 g/mol. The molecule has 4 rings (SSSR count). The third-order valence-electron chi connectivity index (χ3n) is 5.64. The average Bonchev–Trinajstić information content (AvgIpc) is 3.25. The Kier molecular flexibility index (Phi) is 6.51. The molecule has 1 amide bonds. The SMILES string of the molecule is COc1ccc(OC)c(/C=C/C(=O)Nc2c(C#N)cnn2-c2cc(C)c3cc(C)cc(C)c3n2)c1. The summed E-state index contributed by atoms with van der Waals surface area (Å²) in [5.41, 5.74) is 4.97. The Labute approximate surface area is 203 Å². The third kappa shape index (κ3) is 4.70. The van der Waals surface area contributed by atoms with Crippen LogP contribution < -0.4 is 14.8 Å². The molecule has 0 saturated carbocycles. The van der Waals surface area contributed by atoms with Crippen LogP contribution >= 0.6 is 0 Å². The van der Waals surface area contributed by atoms with E-state index in [1.54, 1.807) is 38.5 Å². The normalized spacial score (nSPS) is 11.0. The van der Waals surface area contributed by atoms with Crippen LogP contribution in [0.4, 0.5) is 5.82 Å². The number of anilines is 1. The van der Waals surface area contributed by atoms with Crippen LogP contribution in [-0.4, -0.2) is 34.9 Å². The first kappa shape index (κ1) is 23.5. The van der Waals surface area contributed by atoms with E-state index >= 15 is 0 Å². The fraction of sp³-hybridized carbons (Fsp3) is 0.185. The maximum absolute atomic E-state index is 12.8. The lowest BCUT2D eigenvalue weighted by Gasteiger charge is -2.12. The highest BCUT2D eigenvalue weighted by molar-refractivity contribution is 6.02. The number of amides is 1. The van der Waals surface area contributed by atoms with E-state index in [-0.39, 0.29) is 11.4 Å². The number of carbonyl (C=O) groups excluding carboxylic acids is 1. The summed E-state index contributed by atoms with van der Waals surface area (Å²) in [5, 5.41) is 17.8. The van der Waals surface area contributed by atoms with Crippen LogP contribution in [-0.2, 0) is 4.79 Å². The summed E-state index contributed by atoms with van der Waals surface area (Å²) in [7, 11) is 3.12. The molecule has 0 aliphatic carbocycles. The van der Waals surface area contributed by atoms with Gasteiger partial charge in [0.2, 0.25) is 5.91 Å². The Morgan fingerprint density at radius 1 is 1.09 bits per heavy atom. The Bertz CT molecular complexity index is 1510. The second-order valence-corrected chi connectivity index (χ2v) is 8.14. The molecule has 1 N–H and O–H groups in total. The molecule has 0 radical (unpaired) electrons. The first-order chi connectivity index (χ1) is 16.8. The predicted molar refractivity (Wildman–Crippen MR) is 135 cm³/mol. The zero-order chi connectivity index (χ0) is 25.1. The lowest BCUT2D eigenvalue weighted by molar-refractivity contribution is -0.111. The van der Waals surface area contributed by atoms with E-state index in [1.807, 2.05) is 19.9 Å². The highest BCUT2D eigenvalue weighted by atomic mass is 16.5. The largest absolute Gasteiger partial charge is 0.497 e. The van der Waals surface area contributed by atoms with Gasteiger partial charge in [-0.25, -0.2) is 4.98 Å². The molecule has 0 aliphatic rings. The monoisotopic (exact) mass is 467 g/mol. The molecule has 176 valence electrons. The lowest BCUT2D eigenvalue weighted by Crippen LogP contribution is -2.14. The van der Waals surface area contributed by atoms with Crippen LogP contribution in [0.15, 0.2) is 48.7 Å². The van der Waals surface area contributed by atoms with Crippen LogP contribution in [0, 0.1) is 32.1 Å². The molecule has 0 saturated heterocycles. The Morgan fingerprint density at radius 3 is 2.60 bits per heavy atom. The zero-order valence-corrected chi connectivity index (χ0v) is 20.2. The van der Waals surface area contributed by atoms with E-state index in [2.05, 4.69) is 35.5 Å². The predicted octanol–water partition coefficient (Wildman–Crippen LogP) is 4.89. The van der Waals surface area contributed by atoms with Gasteiger partial charge in [0, 0.05) is 17.0 Å². The van der Waals surface area contributed by atoms with Crippen molar-refractivity contribution in [2.45, 2.75) is 20.8 Å². The number of hydrogen-bond acceptors (Lipinski definition) is 6. The van der Waals surface area contributed by atoms with Gasteiger partial charge in [-0.05, 0) is 68.3 Å². The summed E-state index contributed by atoms with van der Waals surface area (Å²) in [6.45, 7) is 6.06. The number of carbonyl (C=O) groups is 1. The molecule has 8 nitrogen and oxygen atoms in total. The first-order valence-electron chi connectivity index (χ1n) is 10.9. The molecular weight excluding hydrogens is 442 g/mol. The molecule has 0 spiro atoms. The minimum absolute atomic E-state index is 0.228. The van der Waals surface area contributed by atoms with E-state index in [4.69, 9.17) is 14.5 Å². The van der Waals surface area contributed by atoms with Gasteiger partial charge < -0.3 is 14.8 Å². The molecule has 35 heavy (non-hydrogen) atoms. The van der Waals surface area contributed by atoms with Gasteiger partial charge in [0.25, 0.3) is 0 Å². The number of nitrogens with one attached hydrogen (secondary N) is 1. The van der Waals surface area contributed by atoms with Crippen molar-refractivity contribution in [3.05, 3.63) is 76.5 Å². The van der Waals surface area contributed by atoms with Gasteiger partial charge in [-0.1, -0.05) is 11.6 Å². The van der Waals surface area contributed by atoms with Gasteiger partial charge in [-0.3, -0.25) is 4.79 Å². The number of fused-ring (bicyclic) bond motifs is 1. The summed E-state index contributed by atoms with van der Waals surface area (Å²) in [5.74, 6) is 1.56. The quantitative estimate of drug-likeness (QED) is 0.405. The number of nitriles is 1. The van der Waals surface area contributed by atoms with Crippen LogP contribution in [0.25, 0.3) is 22.8 Å². The topological polar surface area (TPSA) is 102 Å². The van der Waals surface area contributed by atoms with Crippen molar-refractivity contribution in [3.8, 4) is 23.4 Å². The molecule has 8 heteroatoms. The minimum atomic E-state index is -0.433. The highest BCUT2D eigenvalue weighted by Gasteiger charge is 2.17. The van der Waals surface area contributed by atoms with Crippen molar-refractivity contribution in [2.24, 2.45) is 0 Å². The van der Waals surface area contributed by atoms with Gasteiger partial charge >= 0.3 is 0 Å². The van der Waals surface area contributed by atoms with E-state index in [0.29, 0.717) is 22.9 Å². The first-order valence-corrected chi connectivity index (χ1v) is 10.9. The number of hydrogen-bond donors (Lipinski definition) is 1. The smallest absolute Gasteiger partial charge is 0.249 e. The van der Waals surface area contributed by atoms with E-state index in [0.717, 1.165) is 27.6 Å². The molecule has 2 aromatic carbocycles. The van der Waals surface area contributed by atoms with Gasteiger partial charge in [-0.15, -0.1) is 0 Å². The summed E-state index contributed by atoms with van der Waals surface area (Å²) in [4.78, 5) is 17.6. The number of aromatic nitrogens is 3. The van der Waals surface area contributed by atoms with Crippen LogP contribution in [0.2, 0.25) is 0 Å². The Hall–Kier alpha value is -4.64. The summed E-state index contributed by atoms with van der Waals surface area (Å²) >= 11 is 0. The number of rotatable bonds is 6. The molecule has 2 aromatic heterocycles. The van der Waals surface area contributed by atoms with Gasteiger partial charge in [0.1, 0.15) is 23.1 Å². The maximum Gasteiger partial charge on any atom is 0.249 e. The van der Waals surface area contributed by atoms with Crippen LogP contribution in [0.5, 0.6) is 11.5 Å². The van der Waals surface area contributed by atoms with Crippen LogP contribution in [0.1, 0.15) is 27.8 Å². The fourth-order valence-electron chi connectivity index (χ4n) is 3.95. The lowest BCUT2D eigenvalue weighted by atomic mass is 10.0. The summed E-state index contributed by atoms with van der Waals surface area (Å²) in [6, 6.07) is 13.4. The molecule has 0 unspecified atom stereocenters. The number of pyridine rings is 1. The summed E-state index contributed by atoms with van der Waals surface area (Å²) in [6.07, 6.45) is 4.39. The van der Waals surface area contributed by atoms with Crippen LogP contribution in [0.3, 0.4) is 0 Å². The van der Waals surface area contributed by atoms with Crippen molar-refractivity contribution in [1.82, 2.24) is 14.8 Å². The number of nitrogens with zero attached hydrogens (tertiary/aromatic N) is 4. The van der Waals surface area contributed by atoms with Crippen molar-refractivity contribution in [2.75, 3.05) is 19.5 Å². The van der Waals surface area contributed by atoms with E-state index in [9.17, 15) is 10.1 Å². The number of ether oxygens (including phenoxy) is 2. The van der Waals surface area contributed by atoms with Gasteiger partial charge in [0.15, 0.2) is 11.6 Å². The van der Waals surface area contributed by atoms with Crippen molar-refractivity contribution in [3.63, 3.8) is 0 Å². The molecule has 0 atom stereocenters. The standard InChI is InChI=1S/C27H25N5O3/c1-16-10-18(3)26-22(11-16)17(2)12-24(30-26)32-27(20(14-28)15-29-32)31-25(33)9-6-19-13-21(34-4)7-8-23(19)35-5/h6-13,15H,1-5H3,(H,31,33)/b9-6+. The van der Waals surface area contributed by atoms with Crippen molar-refractivity contribution < 1.29 is 14.3 Å². The molecule has 2 heterocycles. The number of benzene rings is 2. The minimum Gasteiger partial charge on any atom is -0.497 e. The highest BCUT2D eigenvalue weighted by Crippen LogP contribution is 2.27. The van der Waals surface area contributed by atoms with E-state index < -0.39 is 5.91 Å². The molecule has 4 aromatic rings. The van der Waals surface area contributed by atoms with Crippen molar-refractivity contribution >= 4 is 28.7 Å². The third-order valence-corrected chi connectivity index (χ3v) is 5.64. The molecular formula is C27H25N5O3. The number of methoxy groups -OCH3 is 2. The number of aryl methyl sites for hydroxylation is 3. The summed E-state index contributed by atoms with van der Waals surface area (Å²) < 4.78 is 12.1. The van der Waals surface area contributed by atoms with Gasteiger partial charge in [-0.2, -0.15) is 15.0 Å². The van der Waals surface area contributed by atoms with Gasteiger partial charge in [0.05, 0.1) is 25.9 Å². The second-order valence-electron chi connectivity index (χ2n) is 8.14. The molecule has 0 fully saturated rings. The van der Waals surface area contributed by atoms with Crippen molar-refractivity contribution in [1.29, 1.82) is 5.26 Å². The fourth-order valence-corrected chi connectivity index (χ4v) is 3.95. The molecule has 0 aliphatic heterocycles.